The number of nitrogens with one attached hydrogen (secondary N) is 1. The van der Waals surface area contributed by atoms with Crippen molar-refractivity contribution in [3.63, 3.8) is 0 Å². The fraction of sp³-hybridized carbons (Fsp3) is 0.0833. The van der Waals surface area contributed by atoms with Gasteiger partial charge in [0.15, 0.2) is 0 Å². The summed E-state index contributed by atoms with van der Waals surface area (Å²) >= 11 is 0. The standard InChI is InChI=1S/C24H19N5O2/c30-22(14-13-17-7-2-1-3-8-17)26-18-9-6-10-19(15-18)31-24-23-28-25-16-29(23)21-12-5-4-11-20(21)27-24/h1-12,15-16H,13-14H2,(H,26,30). The number of hydrogen-bond donors (Lipinski definition) is 1. The highest BCUT2D eigenvalue weighted by Crippen LogP contribution is 2.28. The lowest BCUT2D eigenvalue weighted by Crippen LogP contribution is -2.12. The van der Waals surface area contributed by atoms with Crippen LogP contribution >= 0.6 is 0 Å². The Morgan fingerprint density at radius 2 is 1.81 bits per heavy atom. The number of para-hydroxylation sites is 2. The van der Waals surface area contributed by atoms with Gasteiger partial charge < -0.3 is 10.1 Å². The number of carbonyl (C=O) groups is 1. The molecule has 2 heterocycles. The van der Waals surface area contributed by atoms with E-state index < -0.39 is 0 Å². The van der Waals surface area contributed by atoms with Crippen LogP contribution in [-0.2, 0) is 11.2 Å². The molecule has 3 aromatic carbocycles. The van der Waals surface area contributed by atoms with Crippen molar-refractivity contribution < 1.29 is 9.53 Å². The van der Waals surface area contributed by atoms with Crippen molar-refractivity contribution in [3.8, 4) is 11.6 Å². The van der Waals surface area contributed by atoms with Gasteiger partial charge in [-0.25, -0.2) is 4.98 Å². The van der Waals surface area contributed by atoms with Crippen LogP contribution < -0.4 is 10.1 Å². The molecule has 0 saturated carbocycles. The number of fused-ring (bicyclic) bond motifs is 3. The van der Waals surface area contributed by atoms with Crippen molar-refractivity contribution in [2.75, 3.05) is 5.32 Å². The number of rotatable bonds is 6. The van der Waals surface area contributed by atoms with E-state index in [-0.39, 0.29) is 5.91 Å². The van der Waals surface area contributed by atoms with Gasteiger partial charge in [-0.2, -0.15) is 0 Å². The molecule has 5 aromatic rings. The molecule has 0 fully saturated rings. The summed E-state index contributed by atoms with van der Waals surface area (Å²) in [6.07, 6.45) is 2.73. The molecule has 0 radical (unpaired) electrons. The maximum Gasteiger partial charge on any atom is 0.266 e. The van der Waals surface area contributed by atoms with Gasteiger partial charge in [0.05, 0.1) is 11.0 Å². The fourth-order valence-electron chi connectivity index (χ4n) is 3.42. The minimum absolute atomic E-state index is 0.0512. The number of carbonyl (C=O) groups excluding carboxylic acids is 1. The number of aryl methyl sites for hydroxylation is 1. The van der Waals surface area contributed by atoms with Crippen LogP contribution in [-0.4, -0.2) is 25.5 Å². The monoisotopic (exact) mass is 409 g/mol. The van der Waals surface area contributed by atoms with Gasteiger partial charge >= 0.3 is 0 Å². The van der Waals surface area contributed by atoms with Crippen molar-refractivity contribution >= 4 is 28.3 Å². The van der Waals surface area contributed by atoms with Crippen LogP contribution in [0.15, 0.2) is 85.2 Å². The van der Waals surface area contributed by atoms with Crippen LogP contribution in [0.1, 0.15) is 12.0 Å². The molecule has 0 bridgehead atoms. The number of hydrogen-bond acceptors (Lipinski definition) is 5. The second-order valence-corrected chi connectivity index (χ2v) is 7.09. The van der Waals surface area contributed by atoms with Crippen molar-refractivity contribution in [2.45, 2.75) is 12.8 Å². The van der Waals surface area contributed by atoms with E-state index in [0.29, 0.717) is 35.8 Å². The van der Waals surface area contributed by atoms with E-state index in [1.165, 1.54) is 0 Å². The van der Waals surface area contributed by atoms with Crippen LogP contribution in [0.2, 0.25) is 0 Å². The van der Waals surface area contributed by atoms with Crippen LogP contribution in [0.3, 0.4) is 0 Å². The first-order valence-electron chi connectivity index (χ1n) is 9.96. The van der Waals surface area contributed by atoms with E-state index in [1.54, 1.807) is 12.4 Å². The number of aromatic nitrogens is 4. The quantitative estimate of drug-likeness (QED) is 0.442. The van der Waals surface area contributed by atoms with Crippen LogP contribution in [0.5, 0.6) is 11.6 Å². The molecule has 31 heavy (non-hydrogen) atoms. The normalized spacial score (nSPS) is 11.0. The molecule has 2 aromatic heterocycles. The topological polar surface area (TPSA) is 81.4 Å². The first-order chi connectivity index (χ1) is 15.3. The predicted octanol–water partition coefficient (Wildman–Crippen LogP) is 4.64. The molecule has 0 atom stereocenters. The largest absolute Gasteiger partial charge is 0.436 e. The smallest absolute Gasteiger partial charge is 0.266 e. The van der Waals surface area contributed by atoms with Crippen LogP contribution in [0, 0.1) is 0 Å². The Morgan fingerprint density at radius 1 is 0.968 bits per heavy atom. The zero-order valence-corrected chi connectivity index (χ0v) is 16.6. The van der Waals surface area contributed by atoms with Crippen molar-refractivity contribution in [1.82, 2.24) is 19.6 Å². The average Bonchev–Trinajstić information content (AvgIpc) is 3.30. The van der Waals surface area contributed by atoms with E-state index in [1.807, 2.05) is 77.2 Å². The Labute approximate surface area is 178 Å². The summed E-state index contributed by atoms with van der Waals surface area (Å²) in [6.45, 7) is 0. The first-order valence-corrected chi connectivity index (χ1v) is 9.96. The van der Waals surface area contributed by atoms with E-state index in [4.69, 9.17) is 4.74 Å². The summed E-state index contributed by atoms with van der Waals surface area (Å²) in [4.78, 5) is 16.9. The molecule has 1 amide bonds. The first kappa shape index (κ1) is 18.7. The number of benzene rings is 3. The van der Waals surface area contributed by atoms with Crippen LogP contribution in [0.25, 0.3) is 16.7 Å². The molecule has 1 N–H and O–H groups in total. The van der Waals surface area contributed by atoms with Gasteiger partial charge in [0, 0.05) is 18.2 Å². The highest BCUT2D eigenvalue weighted by atomic mass is 16.5. The minimum atomic E-state index is -0.0512. The van der Waals surface area contributed by atoms with Gasteiger partial charge in [0.25, 0.3) is 5.88 Å². The number of nitrogens with zero attached hydrogens (tertiary/aromatic N) is 4. The average molecular weight is 409 g/mol. The number of anilines is 1. The van der Waals surface area contributed by atoms with Crippen molar-refractivity contribution in [3.05, 3.63) is 90.8 Å². The van der Waals surface area contributed by atoms with Gasteiger partial charge in [0.2, 0.25) is 11.6 Å². The molecular formula is C24H19N5O2. The summed E-state index contributed by atoms with van der Waals surface area (Å²) in [6, 6.07) is 24.9. The molecule has 0 saturated heterocycles. The van der Waals surface area contributed by atoms with Gasteiger partial charge in [-0.15, -0.1) is 10.2 Å². The maximum atomic E-state index is 12.4. The maximum absolute atomic E-state index is 12.4. The van der Waals surface area contributed by atoms with Crippen molar-refractivity contribution in [1.29, 1.82) is 0 Å². The Morgan fingerprint density at radius 3 is 2.71 bits per heavy atom. The lowest BCUT2D eigenvalue weighted by Gasteiger charge is -2.10. The second kappa shape index (κ2) is 8.23. The fourth-order valence-corrected chi connectivity index (χ4v) is 3.42. The molecule has 0 unspecified atom stereocenters. The van der Waals surface area contributed by atoms with E-state index >= 15 is 0 Å². The molecule has 5 rings (SSSR count). The number of amides is 1. The van der Waals surface area contributed by atoms with E-state index in [9.17, 15) is 4.79 Å². The highest BCUT2D eigenvalue weighted by Gasteiger charge is 2.13. The Bertz CT molecular complexity index is 1360. The summed E-state index contributed by atoms with van der Waals surface area (Å²) in [5.41, 5.74) is 3.99. The lowest BCUT2D eigenvalue weighted by molar-refractivity contribution is -0.116. The zero-order chi connectivity index (χ0) is 21.0. The Hall–Kier alpha value is -4.26. The lowest BCUT2D eigenvalue weighted by atomic mass is 10.1. The SMILES string of the molecule is O=C(CCc1ccccc1)Nc1cccc(Oc2nc3ccccc3n3cnnc23)c1. The molecule has 7 heteroatoms. The molecule has 0 aliphatic carbocycles. The predicted molar refractivity (Wildman–Crippen MR) is 118 cm³/mol. The van der Waals surface area contributed by atoms with Gasteiger partial charge in [-0.05, 0) is 36.2 Å². The summed E-state index contributed by atoms with van der Waals surface area (Å²) in [5.74, 6) is 0.849. The van der Waals surface area contributed by atoms with Crippen molar-refractivity contribution in [2.24, 2.45) is 0 Å². The van der Waals surface area contributed by atoms with Crippen LogP contribution in [0.4, 0.5) is 5.69 Å². The summed E-state index contributed by atoms with van der Waals surface area (Å²) in [5, 5.41) is 11.1. The Balaban J connectivity index is 1.33. The zero-order valence-electron chi connectivity index (χ0n) is 16.6. The molecule has 0 aliphatic heterocycles. The third-order valence-electron chi connectivity index (χ3n) is 4.92. The van der Waals surface area contributed by atoms with E-state index in [2.05, 4.69) is 20.5 Å². The third kappa shape index (κ3) is 4.06. The summed E-state index contributed by atoms with van der Waals surface area (Å²) < 4.78 is 7.86. The van der Waals surface area contributed by atoms with Gasteiger partial charge in [0.1, 0.15) is 12.1 Å². The van der Waals surface area contributed by atoms with E-state index in [0.717, 1.165) is 16.6 Å². The highest BCUT2D eigenvalue weighted by molar-refractivity contribution is 5.91. The Kier molecular flexibility index (Phi) is 4.98. The minimum Gasteiger partial charge on any atom is -0.436 e. The summed E-state index contributed by atoms with van der Waals surface area (Å²) in [7, 11) is 0. The molecule has 7 nitrogen and oxygen atoms in total. The third-order valence-corrected chi connectivity index (χ3v) is 4.92. The molecule has 152 valence electrons. The molecule has 0 spiro atoms. The molecule has 0 aliphatic rings. The number of ether oxygens (including phenoxy) is 1. The molecular weight excluding hydrogens is 390 g/mol. The second-order valence-electron chi connectivity index (χ2n) is 7.09. The van der Waals surface area contributed by atoms with Gasteiger partial charge in [-0.1, -0.05) is 48.5 Å². The van der Waals surface area contributed by atoms with Gasteiger partial charge in [-0.3, -0.25) is 9.20 Å².